The molecule has 2 aromatic heterocycles. The van der Waals surface area contributed by atoms with E-state index in [9.17, 15) is 0 Å². The van der Waals surface area contributed by atoms with Gasteiger partial charge in [-0.05, 0) is 44.8 Å². The minimum absolute atomic E-state index is 0.731. The van der Waals surface area contributed by atoms with E-state index in [1.807, 2.05) is 35.6 Å². The Kier molecular flexibility index (Phi) is 6.03. The molecule has 210 valence electrons. The van der Waals surface area contributed by atoms with Crippen LogP contribution < -0.4 is 0 Å². The molecule has 0 fully saturated rings. The molecule has 45 heavy (non-hydrogen) atoms. The Balaban J connectivity index is 1.24. The lowest BCUT2D eigenvalue weighted by atomic mass is 9.96. The smallest absolute Gasteiger partial charge is 0.160 e. The molecular formula is C42H26N2S. The molecule has 0 aliphatic carbocycles. The maximum absolute atomic E-state index is 5.15. The molecule has 7 aromatic carbocycles. The second-order valence-electron chi connectivity index (χ2n) is 11.4. The molecule has 9 rings (SSSR count). The van der Waals surface area contributed by atoms with Crippen molar-refractivity contribution >= 4 is 53.1 Å². The van der Waals surface area contributed by atoms with Gasteiger partial charge in [-0.1, -0.05) is 146 Å². The van der Waals surface area contributed by atoms with Gasteiger partial charge in [0.2, 0.25) is 0 Å². The second-order valence-corrected chi connectivity index (χ2v) is 12.4. The molecule has 0 aliphatic heterocycles. The second kappa shape index (κ2) is 10.5. The largest absolute Gasteiger partial charge is 0.228 e. The van der Waals surface area contributed by atoms with Crippen molar-refractivity contribution in [3.63, 3.8) is 0 Å². The van der Waals surface area contributed by atoms with Crippen LogP contribution in [0.3, 0.4) is 0 Å². The summed E-state index contributed by atoms with van der Waals surface area (Å²) in [5.41, 5.74) is 7.55. The van der Waals surface area contributed by atoms with Crippen LogP contribution in [-0.2, 0) is 0 Å². The highest BCUT2D eigenvalue weighted by atomic mass is 32.1. The van der Waals surface area contributed by atoms with E-state index >= 15 is 0 Å². The van der Waals surface area contributed by atoms with Crippen LogP contribution in [0.25, 0.3) is 86.7 Å². The quantitative estimate of drug-likeness (QED) is 0.191. The Morgan fingerprint density at radius 2 is 0.956 bits per heavy atom. The van der Waals surface area contributed by atoms with Crippen molar-refractivity contribution in [2.24, 2.45) is 0 Å². The minimum atomic E-state index is 0.731. The molecule has 0 radical (unpaired) electrons. The maximum atomic E-state index is 5.15. The van der Waals surface area contributed by atoms with Gasteiger partial charge in [-0.2, -0.15) is 0 Å². The van der Waals surface area contributed by atoms with Crippen LogP contribution in [-0.4, -0.2) is 9.97 Å². The molecule has 3 heteroatoms. The van der Waals surface area contributed by atoms with Crippen LogP contribution in [0.5, 0.6) is 0 Å². The summed E-state index contributed by atoms with van der Waals surface area (Å²) in [4.78, 5) is 10.2. The van der Waals surface area contributed by atoms with Gasteiger partial charge in [0, 0.05) is 36.9 Å². The maximum Gasteiger partial charge on any atom is 0.160 e. The summed E-state index contributed by atoms with van der Waals surface area (Å²) in [7, 11) is 0. The van der Waals surface area contributed by atoms with Gasteiger partial charge in [0.1, 0.15) is 0 Å². The lowest BCUT2D eigenvalue weighted by molar-refractivity contribution is 1.19. The van der Waals surface area contributed by atoms with Crippen LogP contribution in [0.1, 0.15) is 0 Å². The zero-order valence-corrected chi connectivity index (χ0v) is 25.1. The molecule has 0 amide bonds. The van der Waals surface area contributed by atoms with E-state index in [4.69, 9.17) is 9.97 Å². The van der Waals surface area contributed by atoms with E-state index in [-0.39, 0.29) is 0 Å². The van der Waals surface area contributed by atoms with Crippen LogP contribution in [0, 0.1) is 0 Å². The van der Waals surface area contributed by atoms with E-state index in [0.29, 0.717) is 0 Å². The third kappa shape index (κ3) is 4.40. The van der Waals surface area contributed by atoms with Gasteiger partial charge in [0.15, 0.2) is 5.82 Å². The predicted molar refractivity (Wildman–Crippen MR) is 192 cm³/mol. The van der Waals surface area contributed by atoms with Gasteiger partial charge < -0.3 is 0 Å². The van der Waals surface area contributed by atoms with E-state index in [0.717, 1.165) is 33.9 Å². The summed E-state index contributed by atoms with van der Waals surface area (Å²) in [5.74, 6) is 0.731. The number of rotatable bonds is 4. The van der Waals surface area contributed by atoms with Crippen molar-refractivity contribution < 1.29 is 0 Å². The fourth-order valence-corrected chi connectivity index (χ4v) is 7.85. The van der Waals surface area contributed by atoms with Crippen molar-refractivity contribution in [3.05, 3.63) is 158 Å². The third-order valence-corrected chi connectivity index (χ3v) is 9.97. The Bertz CT molecular complexity index is 2470. The number of aromatic nitrogens is 2. The average Bonchev–Trinajstić information content (AvgIpc) is 3.51. The van der Waals surface area contributed by atoms with Gasteiger partial charge in [0.25, 0.3) is 0 Å². The fraction of sp³-hybridized carbons (Fsp3) is 0. The molecular weight excluding hydrogens is 565 g/mol. The molecule has 0 unspecified atom stereocenters. The summed E-state index contributed by atoms with van der Waals surface area (Å²) >= 11 is 1.86. The first-order valence-corrected chi connectivity index (χ1v) is 16.0. The molecule has 9 aromatic rings. The minimum Gasteiger partial charge on any atom is -0.228 e. The molecule has 0 spiro atoms. The van der Waals surface area contributed by atoms with Crippen molar-refractivity contribution in [1.82, 2.24) is 9.97 Å². The van der Waals surface area contributed by atoms with Crippen LogP contribution in [0.4, 0.5) is 0 Å². The molecule has 2 heterocycles. The summed E-state index contributed by atoms with van der Waals surface area (Å²) in [6.07, 6.45) is 0. The first-order chi connectivity index (χ1) is 22.3. The molecule has 0 atom stereocenters. The highest BCUT2D eigenvalue weighted by Gasteiger charge is 2.17. The van der Waals surface area contributed by atoms with Crippen LogP contribution in [0.15, 0.2) is 158 Å². The van der Waals surface area contributed by atoms with Crippen LogP contribution >= 0.6 is 11.3 Å². The Morgan fingerprint density at radius 3 is 1.76 bits per heavy atom. The number of benzene rings is 7. The summed E-state index contributed by atoms with van der Waals surface area (Å²) in [5, 5.41) is 7.63. The number of hydrogen-bond acceptors (Lipinski definition) is 3. The van der Waals surface area contributed by atoms with Gasteiger partial charge in [-0.15, -0.1) is 11.3 Å². The third-order valence-electron chi connectivity index (χ3n) is 8.68. The number of hydrogen-bond donors (Lipinski definition) is 0. The molecule has 0 saturated heterocycles. The molecule has 0 bridgehead atoms. The van der Waals surface area contributed by atoms with Gasteiger partial charge in [0.05, 0.1) is 11.4 Å². The van der Waals surface area contributed by atoms with Crippen molar-refractivity contribution in [2.75, 3.05) is 0 Å². The number of nitrogens with zero attached hydrogens (tertiary/aromatic N) is 2. The van der Waals surface area contributed by atoms with Crippen molar-refractivity contribution in [2.45, 2.75) is 0 Å². The van der Waals surface area contributed by atoms with Gasteiger partial charge in [-0.3, -0.25) is 0 Å². The zero-order valence-electron chi connectivity index (χ0n) is 24.3. The highest BCUT2D eigenvalue weighted by Crippen LogP contribution is 2.44. The predicted octanol–water partition coefficient (Wildman–Crippen LogP) is 11.8. The summed E-state index contributed by atoms with van der Waals surface area (Å²) in [6, 6.07) is 56.0. The standard InChI is InChI=1S/C42H26N2S/c1-3-12-28(13-4-1)38-26-39(44-42(43-38)29-14-5-2-6-15-29)37-20-10-19-36-35-18-9-17-34(40(35)45-41(36)37)31-23-24-33-30(25-31)22-21-27-11-7-8-16-32(27)33/h1-26H. The highest BCUT2D eigenvalue weighted by molar-refractivity contribution is 7.26. The Morgan fingerprint density at radius 1 is 0.356 bits per heavy atom. The molecule has 0 N–H and O–H groups in total. The van der Waals surface area contributed by atoms with E-state index < -0.39 is 0 Å². The van der Waals surface area contributed by atoms with E-state index in [1.54, 1.807) is 0 Å². The SMILES string of the molecule is c1ccc(-c2cc(-c3cccc4c3sc3c(-c5ccc6c(ccc7ccccc76)c5)cccc34)nc(-c3ccccc3)n2)cc1. The zero-order chi connectivity index (χ0) is 29.7. The normalized spacial score (nSPS) is 11.6. The summed E-state index contributed by atoms with van der Waals surface area (Å²) < 4.78 is 2.53. The van der Waals surface area contributed by atoms with Crippen molar-refractivity contribution in [3.8, 4) is 45.0 Å². The average molecular weight is 591 g/mol. The lowest BCUT2D eigenvalue weighted by Gasteiger charge is -2.10. The lowest BCUT2D eigenvalue weighted by Crippen LogP contribution is -1.95. The van der Waals surface area contributed by atoms with Gasteiger partial charge >= 0.3 is 0 Å². The first kappa shape index (κ1) is 25.8. The molecule has 0 aliphatic rings. The van der Waals surface area contributed by atoms with E-state index in [1.165, 1.54) is 52.8 Å². The van der Waals surface area contributed by atoms with Crippen LogP contribution in [0.2, 0.25) is 0 Å². The fourth-order valence-electron chi connectivity index (χ4n) is 6.49. The number of thiophene rings is 1. The molecule has 2 nitrogen and oxygen atoms in total. The Hall–Kier alpha value is -5.64. The molecule has 0 saturated carbocycles. The Labute approximate surface area is 264 Å². The monoisotopic (exact) mass is 590 g/mol. The van der Waals surface area contributed by atoms with Gasteiger partial charge in [-0.25, -0.2) is 9.97 Å². The number of fused-ring (bicyclic) bond motifs is 6. The summed E-state index contributed by atoms with van der Waals surface area (Å²) in [6.45, 7) is 0. The topological polar surface area (TPSA) is 25.8 Å². The van der Waals surface area contributed by atoms with E-state index in [2.05, 4.69) is 133 Å². The first-order valence-electron chi connectivity index (χ1n) is 15.2. The van der Waals surface area contributed by atoms with Crippen molar-refractivity contribution in [1.29, 1.82) is 0 Å².